The Balaban J connectivity index is 1.98. The van der Waals surface area contributed by atoms with Gasteiger partial charge < -0.3 is 14.3 Å². The van der Waals surface area contributed by atoms with Crippen LogP contribution < -0.4 is 10.2 Å². The van der Waals surface area contributed by atoms with Crippen LogP contribution in [0.2, 0.25) is 0 Å². The fourth-order valence-corrected chi connectivity index (χ4v) is 3.12. The highest BCUT2D eigenvalue weighted by molar-refractivity contribution is 5.83. The van der Waals surface area contributed by atoms with Crippen LogP contribution in [-0.4, -0.2) is 12.2 Å². The SMILES string of the molecule is CCCCCCc1cc2c(=O)c(-c3ccc(OC)cc3)coc2cc1O. The molecule has 0 atom stereocenters. The van der Waals surface area contributed by atoms with Crippen molar-refractivity contribution in [3.05, 3.63) is 58.4 Å². The summed E-state index contributed by atoms with van der Waals surface area (Å²) in [4.78, 5) is 13.0. The molecule has 0 aliphatic rings. The van der Waals surface area contributed by atoms with E-state index < -0.39 is 0 Å². The van der Waals surface area contributed by atoms with Gasteiger partial charge in [-0.05, 0) is 42.2 Å². The molecule has 3 rings (SSSR count). The molecule has 0 spiro atoms. The number of methoxy groups -OCH3 is 1. The predicted molar refractivity (Wildman–Crippen MR) is 104 cm³/mol. The van der Waals surface area contributed by atoms with Gasteiger partial charge in [-0.3, -0.25) is 4.79 Å². The molecule has 1 N–H and O–H groups in total. The van der Waals surface area contributed by atoms with Gasteiger partial charge in [0.05, 0.1) is 18.1 Å². The lowest BCUT2D eigenvalue weighted by atomic mass is 10.0. The third-order valence-corrected chi connectivity index (χ3v) is 4.67. The maximum atomic E-state index is 13.0. The summed E-state index contributed by atoms with van der Waals surface area (Å²) in [6.07, 6.45) is 6.67. The van der Waals surface area contributed by atoms with Gasteiger partial charge in [-0.1, -0.05) is 38.3 Å². The second-order valence-corrected chi connectivity index (χ2v) is 6.49. The van der Waals surface area contributed by atoms with Crippen molar-refractivity contribution in [2.75, 3.05) is 7.11 Å². The average Bonchev–Trinajstić information content (AvgIpc) is 2.66. The third-order valence-electron chi connectivity index (χ3n) is 4.67. The van der Waals surface area contributed by atoms with E-state index in [9.17, 15) is 9.90 Å². The van der Waals surface area contributed by atoms with Crippen molar-refractivity contribution in [1.29, 1.82) is 0 Å². The average molecular weight is 352 g/mol. The van der Waals surface area contributed by atoms with E-state index in [1.54, 1.807) is 19.2 Å². The van der Waals surface area contributed by atoms with Crippen LogP contribution in [0.4, 0.5) is 0 Å². The topological polar surface area (TPSA) is 59.7 Å². The van der Waals surface area contributed by atoms with Gasteiger partial charge in [-0.15, -0.1) is 0 Å². The number of fused-ring (bicyclic) bond motifs is 1. The second kappa shape index (κ2) is 8.09. The molecule has 136 valence electrons. The number of benzene rings is 2. The maximum absolute atomic E-state index is 13.0. The summed E-state index contributed by atoms with van der Waals surface area (Å²) in [6, 6.07) is 10.6. The number of hydrogen-bond donors (Lipinski definition) is 1. The number of phenolic OH excluding ortho intramolecular Hbond substituents is 1. The lowest BCUT2D eigenvalue weighted by molar-refractivity contribution is 0.415. The molecule has 4 heteroatoms. The Bertz CT molecular complexity index is 939. The number of phenols is 1. The second-order valence-electron chi connectivity index (χ2n) is 6.49. The molecule has 0 aliphatic carbocycles. The lowest BCUT2D eigenvalue weighted by Gasteiger charge is -2.08. The monoisotopic (exact) mass is 352 g/mol. The Morgan fingerprint density at radius 1 is 1.08 bits per heavy atom. The smallest absolute Gasteiger partial charge is 0.200 e. The van der Waals surface area contributed by atoms with Gasteiger partial charge in [0.2, 0.25) is 5.43 Å². The molecule has 0 bridgehead atoms. The van der Waals surface area contributed by atoms with E-state index >= 15 is 0 Å². The number of ether oxygens (including phenoxy) is 1. The van der Waals surface area contributed by atoms with Crippen LogP contribution in [0.15, 0.2) is 51.9 Å². The van der Waals surface area contributed by atoms with Gasteiger partial charge in [-0.2, -0.15) is 0 Å². The number of rotatable bonds is 7. The van der Waals surface area contributed by atoms with Crippen LogP contribution >= 0.6 is 0 Å². The summed E-state index contributed by atoms with van der Waals surface area (Å²) in [5.74, 6) is 0.924. The Morgan fingerprint density at radius 3 is 2.54 bits per heavy atom. The third kappa shape index (κ3) is 3.74. The first kappa shape index (κ1) is 18.1. The number of aryl methyl sites for hydroxylation is 1. The highest BCUT2D eigenvalue weighted by atomic mass is 16.5. The summed E-state index contributed by atoms with van der Waals surface area (Å²) in [5.41, 5.74) is 2.39. The maximum Gasteiger partial charge on any atom is 0.200 e. The van der Waals surface area contributed by atoms with E-state index in [0.717, 1.165) is 36.1 Å². The van der Waals surface area contributed by atoms with Crippen LogP contribution in [0.1, 0.15) is 38.2 Å². The molecule has 0 unspecified atom stereocenters. The van der Waals surface area contributed by atoms with E-state index in [1.165, 1.54) is 19.1 Å². The summed E-state index contributed by atoms with van der Waals surface area (Å²) in [5, 5.41) is 10.7. The zero-order chi connectivity index (χ0) is 18.5. The van der Waals surface area contributed by atoms with Crippen molar-refractivity contribution in [2.45, 2.75) is 39.0 Å². The van der Waals surface area contributed by atoms with Gasteiger partial charge in [0, 0.05) is 6.07 Å². The minimum Gasteiger partial charge on any atom is -0.508 e. The van der Waals surface area contributed by atoms with Crippen LogP contribution in [0.5, 0.6) is 11.5 Å². The van der Waals surface area contributed by atoms with Gasteiger partial charge >= 0.3 is 0 Å². The van der Waals surface area contributed by atoms with Gasteiger partial charge in [0.1, 0.15) is 23.3 Å². The quantitative estimate of drug-likeness (QED) is 0.586. The Morgan fingerprint density at radius 2 is 1.85 bits per heavy atom. The molecule has 2 aromatic carbocycles. The van der Waals surface area contributed by atoms with Gasteiger partial charge in [0.25, 0.3) is 0 Å². The van der Waals surface area contributed by atoms with E-state index in [4.69, 9.17) is 9.15 Å². The first-order valence-electron chi connectivity index (χ1n) is 9.06. The van der Waals surface area contributed by atoms with Crippen molar-refractivity contribution >= 4 is 11.0 Å². The Labute approximate surface area is 153 Å². The van der Waals surface area contributed by atoms with E-state index in [2.05, 4.69) is 6.92 Å². The molecule has 0 radical (unpaired) electrons. The zero-order valence-corrected chi connectivity index (χ0v) is 15.2. The molecule has 1 heterocycles. The molecule has 0 aliphatic heterocycles. The number of hydrogen-bond acceptors (Lipinski definition) is 4. The molecule has 4 nitrogen and oxygen atoms in total. The summed E-state index contributed by atoms with van der Waals surface area (Å²) < 4.78 is 10.8. The first-order chi connectivity index (χ1) is 12.6. The number of aromatic hydroxyl groups is 1. The van der Waals surface area contributed by atoms with Crippen molar-refractivity contribution in [1.82, 2.24) is 0 Å². The summed E-state index contributed by atoms with van der Waals surface area (Å²) >= 11 is 0. The van der Waals surface area contributed by atoms with E-state index in [0.29, 0.717) is 16.5 Å². The molecule has 0 fully saturated rings. The van der Waals surface area contributed by atoms with Crippen molar-refractivity contribution in [3.63, 3.8) is 0 Å². The lowest BCUT2D eigenvalue weighted by Crippen LogP contribution is -2.05. The van der Waals surface area contributed by atoms with Crippen molar-refractivity contribution in [3.8, 4) is 22.6 Å². The van der Waals surface area contributed by atoms with Crippen LogP contribution in [-0.2, 0) is 6.42 Å². The van der Waals surface area contributed by atoms with Crippen molar-refractivity contribution < 1.29 is 14.3 Å². The first-order valence-corrected chi connectivity index (χ1v) is 9.06. The molecule has 0 saturated carbocycles. The van der Waals surface area contributed by atoms with Gasteiger partial charge in [-0.25, -0.2) is 0 Å². The number of unbranched alkanes of at least 4 members (excludes halogenated alkanes) is 3. The molecule has 3 aromatic rings. The molecule has 0 saturated heterocycles. The molecule has 0 amide bonds. The normalized spacial score (nSPS) is 11.0. The largest absolute Gasteiger partial charge is 0.508 e. The fraction of sp³-hybridized carbons (Fsp3) is 0.318. The van der Waals surface area contributed by atoms with Crippen LogP contribution in [0, 0.1) is 0 Å². The highest BCUT2D eigenvalue weighted by Gasteiger charge is 2.12. The Kier molecular flexibility index (Phi) is 5.61. The minimum absolute atomic E-state index is 0.0915. The Hall–Kier alpha value is -2.75. The minimum atomic E-state index is -0.0915. The molecule has 1 aromatic heterocycles. The molecule has 26 heavy (non-hydrogen) atoms. The van der Waals surface area contributed by atoms with Gasteiger partial charge in [0.15, 0.2) is 0 Å². The highest BCUT2D eigenvalue weighted by Crippen LogP contribution is 2.28. The van der Waals surface area contributed by atoms with Crippen LogP contribution in [0.3, 0.4) is 0 Å². The standard InChI is InChI=1S/C22H24O4/c1-3-4-5-6-7-16-12-18-21(13-20(16)23)26-14-19(22(18)24)15-8-10-17(25-2)11-9-15/h8-14,23H,3-7H2,1-2H3. The van der Waals surface area contributed by atoms with Crippen molar-refractivity contribution in [2.24, 2.45) is 0 Å². The molecular weight excluding hydrogens is 328 g/mol. The fourth-order valence-electron chi connectivity index (χ4n) is 3.12. The van der Waals surface area contributed by atoms with E-state index in [1.807, 2.05) is 24.3 Å². The zero-order valence-electron chi connectivity index (χ0n) is 15.2. The molecular formula is C22H24O4. The van der Waals surface area contributed by atoms with Crippen LogP contribution in [0.25, 0.3) is 22.1 Å². The predicted octanol–water partition coefficient (Wildman–Crippen LogP) is 5.30. The van der Waals surface area contributed by atoms with E-state index in [-0.39, 0.29) is 11.2 Å². The summed E-state index contributed by atoms with van der Waals surface area (Å²) in [6.45, 7) is 2.17. The summed E-state index contributed by atoms with van der Waals surface area (Å²) in [7, 11) is 1.61.